The van der Waals surface area contributed by atoms with E-state index in [1.54, 1.807) is 12.3 Å². The molecule has 0 saturated carbocycles. The first-order valence-corrected chi connectivity index (χ1v) is 11.2. The molecule has 0 fully saturated rings. The average Bonchev–Trinajstić information content (AvgIpc) is 3.39. The fourth-order valence-electron chi connectivity index (χ4n) is 5.33. The Labute approximate surface area is 191 Å². The molecule has 33 heavy (non-hydrogen) atoms. The number of rotatable bonds is 2. The highest BCUT2D eigenvalue weighted by atomic mass is 16.6. The van der Waals surface area contributed by atoms with Gasteiger partial charge in [-0.1, -0.05) is 44.2 Å². The first-order chi connectivity index (χ1) is 15.9. The number of esters is 1. The molecule has 6 rings (SSSR count). The van der Waals surface area contributed by atoms with Gasteiger partial charge in [0.25, 0.3) is 0 Å². The summed E-state index contributed by atoms with van der Waals surface area (Å²) in [5.74, 6) is 0.342. The highest BCUT2D eigenvalue weighted by Gasteiger charge is 2.47. The highest BCUT2D eigenvalue weighted by Crippen LogP contribution is 2.52. The van der Waals surface area contributed by atoms with E-state index in [1.165, 1.54) is 0 Å². The van der Waals surface area contributed by atoms with Crippen molar-refractivity contribution in [2.45, 2.75) is 39.0 Å². The number of allylic oxidation sites excluding steroid dienone is 1. The number of cyclic esters (lactones) is 1. The maximum Gasteiger partial charge on any atom is 0.340 e. The van der Waals surface area contributed by atoms with Crippen molar-refractivity contribution in [2.75, 3.05) is 10.2 Å². The van der Waals surface area contributed by atoms with Crippen molar-refractivity contribution in [3.8, 4) is 0 Å². The second-order valence-electron chi connectivity index (χ2n) is 9.65. The van der Waals surface area contributed by atoms with Crippen molar-refractivity contribution in [3.63, 3.8) is 0 Å². The Morgan fingerprint density at radius 3 is 2.58 bits per heavy atom. The van der Waals surface area contributed by atoms with Crippen molar-refractivity contribution in [1.29, 1.82) is 0 Å². The number of nitrogens with one attached hydrogen (secondary N) is 1. The summed E-state index contributed by atoms with van der Waals surface area (Å²) in [5.41, 5.74) is 4.43. The molecule has 3 aliphatic rings. The molecule has 3 heterocycles. The number of hydrogen-bond donors (Lipinski definition) is 1. The van der Waals surface area contributed by atoms with Gasteiger partial charge in [-0.15, -0.1) is 0 Å². The Kier molecular flexibility index (Phi) is 4.27. The molecule has 2 aromatic carbocycles. The van der Waals surface area contributed by atoms with Crippen LogP contribution in [0.25, 0.3) is 0 Å². The van der Waals surface area contributed by atoms with Gasteiger partial charge in [-0.2, -0.15) is 0 Å². The van der Waals surface area contributed by atoms with Crippen LogP contribution >= 0.6 is 0 Å². The van der Waals surface area contributed by atoms with Gasteiger partial charge in [-0.25, -0.2) is 4.79 Å². The molecular formula is C27H24N2O4. The lowest BCUT2D eigenvalue weighted by Crippen LogP contribution is -2.38. The number of benzene rings is 2. The van der Waals surface area contributed by atoms with E-state index in [1.807, 2.05) is 59.5 Å². The van der Waals surface area contributed by atoms with E-state index in [0.29, 0.717) is 23.3 Å². The summed E-state index contributed by atoms with van der Waals surface area (Å²) in [7, 11) is 0. The lowest BCUT2D eigenvalue weighted by molar-refractivity contribution is -0.118. The molecule has 0 spiro atoms. The lowest BCUT2D eigenvalue weighted by Gasteiger charge is -2.39. The minimum absolute atomic E-state index is 0.0746. The Bertz CT molecular complexity index is 1310. The molecule has 2 atom stereocenters. The van der Waals surface area contributed by atoms with Crippen molar-refractivity contribution in [3.05, 3.63) is 95.1 Å². The molecule has 0 amide bonds. The van der Waals surface area contributed by atoms with Crippen LogP contribution in [-0.4, -0.2) is 11.8 Å². The number of ether oxygens (including phenoxy) is 1. The molecule has 2 aliphatic heterocycles. The van der Waals surface area contributed by atoms with Gasteiger partial charge >= 0.3 is 5.97 Å². The van der Waals surface area contributed by atoms with Crippen LogP contribution in [0.1, 0.15) is 60.6 Å². The van der Waals surface area contributed by atoms with Crippen LogP contribution in [0, 0.1) is 5.41 Å². The zero-order chi connectivity index (χ0) is 22.7. The molecule has 0 radical (unpaired) electrons. The van der Waals surface area contributed by atoms with E-state index in [0.717, 1.165) is 29.1 Å². The molecule has 1 aromatic heterocycles. The van der Waals surface area contributed by atoms with Crippen LogP contribution in [0.4, 0.5) is 11.4 Å². The van der Waals surface area contributed by atoms with Crippen molar-refractivity contribution in [1.82, 2.24) is 0 Å². The van der Waals surface area contributed by atoms with Gasteiger partial charge in [-0.3, -0.25) is 4.79 Å². The monoisotopic (exact) mass is 440 g/mol. The van der Waals surface area contributed by atoms with Gasteiger partial charge in [0.15, 0.2) is 5.78 Å². The van der Waals surface area contributed by atoms with E-state index in [-0.39, 0.29) is 17.2 Å². The Balaban J connectivity index is 1.63. The number of carbonyl (C=O) groups excluding carboxylic acids is 2. The molecular weight excluding hydrogens is 416 g/mol. The summed E-state index contributed by atoms with van der Waals surface area (Å²) >= 11 is 0. The van der Waals surface area contributed by atoms with Crippen LogP contribution in [0.3, 0.4) is 0 Å². The topological polar surface area (TPSA) is 71.8 Å². The number of hydrogen-bond acceptors (Lipinski definition) is 6. The fourth-order valence-corrected chi connectivity index (χ4v) is 5.33. The highest BCUT2D eigenvalue weighted by molar-refractivity contribution is 6.01. The number of nitrogens with zero attached hydrogens (tertiary/aromatic N) is 1. The number of furan rings is 1. The van der Waals surface area contributed by atoms with Crippen molar-refractivity contribution < 1.29 is 18.7 Å². The molecule has 1 N–H and O–H groups in total. The predicted octanol–water partition coefficient (Wildman–Crippen LogP) is 5.77. The van der Waals surface area contributed by atoms with E-state index >= 15 is 0 Å². The van der Waals surface area contributed by atoms with Crippen LogP contribution in [-0.2, 0) is 9.53 Å². The van der Waals surface area contributed by atoms with Crippen LogP contribution in [0.15, 0.2) is 82.6 Å². The van der Waals surface area contributed by atoms with Crippen LogP contribution in [0.2, 0.25) is 0 Å². The van der Waals surface area contributed by atoms with Gasteiger partial charge in [0, 0.05) is 23.3 Å². The van der Waals surface area contributed by atoms with Gasteiger partial charge in [-0.05, 0) is 42.2 Å². The molecule has 1 aliphatic carbocycles. The zero-order valence-corrected chi connectivity index (χ0v) is 18.5. The molecule has 0 bridgehead atoms. The van der Waals surface area contributed by atoms with Gasteiger partial charge in [0.1, 0.15) is 11.8 Å². The molecule has 3 aromatic rings. The minimum atomic E-state index is -0.693. The molecule has 166 valence electrons. The van der Waals surface area contributed by atoms with Crippen LogP contribution < -0.4 is 10.2 Å². The van der Waals surface area contributed by atoms with E-state index < -0.39 is 12.3 Å². The molecule has 6 nitrogen and oxygen atoms in total. The summed E-state index contributed by atoms with van der Waals surface area (Å²) in [4.78, 5) is 28.4. The first kappa shape index (κ1) is 19.9. The van der Waals surface area contributed by atoms with E-state index in [9.17, 15) is 9.59 Å². The van der Waals surface area contributed by atoms with Crippen LogP contribution in [0.5, 0.6) is 0 Å². The third-order valence-corrected chi connectivity index (χ3v) is 6.67. The summed E-state index contributed by atoms with van der Waals surface area (Å²) in [5, 5.41) is 3.56. The number of Topliss-reactive ketones (excluding diaryl/α,β-unsaturated/α-hetero) is 1. The summed E-state index contributed by atoms with van der Waals surface area (Å²) in [6.45, 7) is 4.23. The van der Waals surface area contributed by atoms with Gasteiger partial charge in [0.2, 0.25) is 6.23 Å². The Hall–Kier alpha value is -3.80. The number of carbonyl (C=O) groups is 2. The van der Waals surface area contributed by atoms with E-state index in [2.05, 4.69) is 19.2 Å². The summed E-state index contributed by atoms with van der Waals surface area (Å²) in [6, 6.07) is 18.5. The number of para-hydroxylation sites is 2. The Morgan fingerprint density at radius 1 is 0.970 bits per heavy atom. The summed E-state index contributed by atoms with van der Waals surface area (Å²) in [6.07, 6.45) is 2.09. The third kappa shape index (κ3) is 3.09. The van der Waals surface area contributed by atoms with Crippen molar-refractivity contribution >= 4 is 23.1 Å². The molecule has 6 heteroatoms. The summed E-state index contributed by atoms with van der Waals surface area (Å²) < 4.78 is 11.9. The maximum atomic E-state index is 13.6. The number of ketones is 1. The maximum absolute atomic E-state index is 13.6. The van der Waals surface area contributed by atoms with Crippen molar-refractivity contribution in [2.24, 2.45) is 5.41 Å². The standard InChI is InChI=1S/C27H24N2O4/c1-27(2)14-19-23(21(30)15-27)24(22-12-7-13-32-22)29(20-11-6-5-10-18(20)28-19)25-16-8-3-4-9-17(16)26(31)33-25/h3-13,24-25,28H,14-15H2,1-2H3/t24-,25+/m1/s1. The smallest absolute Gasteiger partial charge is 0.340 e. The number of fused-ring (bicyclic) bond motifs is 2. The Morgan fingerprint density at radius 2 is 1.76 bits per heavy atom. The van der Waals surface area contributed by atoms with Gasteiger partial charge in [0.05, 0.1) is 23.2 Å². The largest absolute Gasteiger partial charge is 0.467 e. The molecule has 0 saturated heterocycles. The SMILES string of the molecule is CC1(C)CC(=O)C2=C(C1)Nc1ccccc1N([C@H]1OC(=O)c3ccccc31)[C@@H]2c1ccco1. The molecule has 0 unspecified atom stereocenters. The zero-order valence-electron chi connectivity index (χ0n) is 18.5. The quantitative estimate of drug-likeness (QED) is 0.511. The lowest BCUT2D eigenvalue weighted by atomic mass is 9.74. The first-order valence-electron chi connectivity index (χ1n) is 11.2. The van der Waals surface area contributed by atoms with Gasteiger partial charge < -0.3 is 19.4 Å². The third-order valence-electron chi connectivity index (χ3n) is 6.67. The second kappa shape index (κ2) is 7.10. The fraction of sp³-hybridized carbons (Fsp3) is 0.259. The van der Waals surface area contributed by atoms with E-state index in [4.69, 9.17) is 9.15 Å². The number of anilines is 2. The predicted molar refractivity (Wildman–Crippen MR) is 124 cm³/mol. The second-order valence-corrected chi connectivity index (χ2v) is 9.65. The normalized spacial score (nSPS) is 23.3. The average molecular weight is 440 g/mol. The minimum Gasteiger partial charge on any atom is -0.467 e.